The summed E-state index contributed by atoms with van der Waals surface area (Å²) in [5.41, 5.74) is 0.957. The van der Waals surface area contributed by atoms with Crippen LogP contribution in [0, 0.1) is 0 Å². The second-order valence-corrected chi connectivity index (χ2v) is 6.68. The Morgan fingerprint density at radius 3 is 2.29 bits per heavy atom. The van der Waals surface area contributed by atoms with Crippen LogP contribution >= 0.6 is 11.6 Å². The highest BCUT2D eigenvalue weighted by Crippen LogP contribution is 2.32. The van der Waals surface area contributed by atoms with E-state index in [1.54, 1.807) is 0 Å². The number of hydrogen-bond acceptors (Lipinski definition) is 3. The molecule has 1 aliphatic rings. The second kappa shape index (κ2) is 7.99. The van der Waals surface area contributed by atoms with Crippen molar-refractivity contribution in [2.75, 3.05) is 6.54 Å². The van der Waals surface area contributed by atoms with Crippen molar-refractivity contribution in [3.63, 3.8) is 0 Å². The van der Waals surface area contributed by atoms with E-state index in [0.717, 1.165) is 18.4 Å². The van der Waals surface area contributed by atoms with Gasteiger partial charge in [0.25, 0.3) is 0 Å². The lowest BCUT2D eigenvalue weighted by molar-refractivity contribution is -0.151. The molecule has 0 spiro atoms. The van der Waals surface area contributed by atoms with Gasteiger partial charge in [-0.15, -0.1) is 0 Å². The van der Waals surface area contributed by atoms with Crippen LogP contribution in [-0.4, -0.2) is 35.7 Å². The molecule has 1 amide bonds. The van der Waals surface area contributed by atoms with E-state index in [9.17, 15) is 9.59 Å². The Morgan fingerprint density at radius 2 is 1.79 bits per heavy atom. The second-order valence-electron chi connectivity index (χ2n) is 6.24. The maximum absolute atomic E-state index is 12.3. The molecule has 1 aromatic carbocycles. The van der Waals surface area contributed by atoms with Gasteiger partial charge < -0.3 is 15.2 Å². The van der Waals surface area contributed by atoms with Crippen LogP contribution < -0.4 is 5.32 Å². The van der Waals surface area contributed by atoms with Crippen LogP contribution in [0.5, 0.6) is 0 Å². The quantitative estimate of drug-likeness (QED) is 0.789. The molecule has 2 atom stereocenters. The molecule has 6 heteroatoms. The van der Waals surface area contributed by atoms with E-state index >= 15 is 0 Å². The number of halogens is 1. The molecule has 24 heavy (non-hydrogen) atoms. The molecule has 2 rings (SSSR count). The van der Waals surface area contributed by atoms with Crippen LogP contribution in [0.15, 0.2) is 24.3 Å². The average Bonchev–Trinajstić information content (AvgIpc) is 3.08. The molecule has 0 unspecified atom stereocenters. The highest BCUT2D eigenvalue weighted by Gasteiger charge is 2.36. The van der Waals surface area contributed by atoms with E-state index in [0.29, 0.717) is 24.4 Å². The number of carbonyl (C=O) groups is 2. The van der Waals surface area contributed by atoms with Gasteiger partial charge in [-0.1, -0.05) is 37.6 Å². The average molecular weight is 354 g/mol. The summed E-state index contributed by atoms with van der Waals surface area (Å²) in [6, 6.07) is 7.70. The maximum Gasteiger partial charge on any atom is 0.332 e. The van der Waals surface area contributed by atoms with Gasteiger partial charge in [0.2, 0.25) is 5.91 Å². The van der Waals surface area contributed by atoms with E-state index in [4.69, 9.17) is 21.4 Å². The van der Waals surface area contributed by atoms with E-state index in [-0.39, 0.29) is 11.3 Å². The number of nitrogens with one attached hydrogen (secondary N) is 1. The van der Waals surface area contributed by atoms with Gasteiger partial charge in [-0.05, 0) is 43.4 Å². The molecule has 0 saturated carbocycles. The molecule has 1 aliphatic heterocycles. The van der Waals surface area contributed by atoms with Gasteiger partial charge in [-0.2, -0.15) is 0 Å². The number of aliphatic carboxylic acids is 1. The number of carbonyl (C=O) groups excluding carboxylic acids is 1. The van der Waals surface area contributed by atoms with Crippen molar-refractivity contribution < 1.29 is 19.4 Å². The number of amides is 1. The Labute approximate surface area is 147 Å². The zero-order valence-corrected chi connectivity index (χ0v) is 14.8. The predicted molar refractivity (Wildman–Crippen MR) is 92.3 cm³/mol. The topological polar surface area (TPSA) is 75.6 Å². The van der Waals surface area contributed by atoms with Crippen LogP contribution in [0.2, 0.25) is 5.02 Å². The van der Waals surface area contributed by atoms with Gasteiger partial charge in [0.1, 0.15) is 6.10 Å². The third kappa shape index (κ3) is 4.08. The lowest BCUT2D eigenvalue weighted by Crippen LogP contribution is -2.44. The molecule has 132 valence electrons. The maximum atomic E-state index is 12.3. The van der Waals surface area contributed by atoms with Crippen molar-refractivity contribution in [1.82, 2.24) is 5.32 Å². The number of rotatable bonds is 7. The number of hydrogen-bond donors (Lipinski definition) is 2. The zero-order valence-electron chi connectivity index (χ0n) is 14.0. The fourth-order valence-corrected chi connectivity index (χ4v) is 3.32. The minimum atomic E-state index is -1.01. The normalized spacial score (nSPS) is 20.8. The van der Waals surface area contributed by atoms with Crippen molar-refractivity contribution in [3.05, 3.63) is 34.9 Å². The van der Waals surface area contributed by atoms with Crippen molar-refractivity contribution in [1.29, 1.82) is 0 Å². The van der Waals surface area contributed by atoms with Crippen LogP contribution in [0.25, 0.3) is 0 Å². The molecule has 0 bridgehead atoms. The minimum Gasteiger partial charge on any atom is -0.479 e. The van der Waals surface area contributed by atoms with Crippen LogP contribution in [0.3, 0.4) is 0 Å². The highest BCUT2D eigenvalue weighted by molar-refractivity contribution is 6.30. The van der Waals surface area contributed by atoms with Crippen LogP contribution in [0.1, 0.15) is 45.1 Å². The summed E-state index contributed by atoms with van der Waals surface area (Å²) in [6.07, 6.45) is 0.997. The summed E-state index contributed by atoms with van der Waals surface area (Å²) in [4.78, 5) is 23.3. The first-order chi connectivity index (χ1) is 11.4. The molecule has 2 N–H and O–H groups in total. The van der Waals surface area contributed by atoms with Crippen molar-refractivity contribution >= 4 is 23.5 Å². The van der Waals surface area contributed by atoms with E-state index in [2.05, 4.69) is 19.2 Å². The summed E-state index contributed by atoms with van der Waals surface area (Å²) in [6.45, 7) is 4.67. The molecule has 1 heterocycles. The third-order valence-electron chi connectivity index (χ3n) is 5.00. The van der Waals surface area contributed by atoms with Gasteiger partial charge in [0.15, 0.2) is 6.10 Å². The van der Waals surface area contributed by atoms with Gasteiger partial charge in [0, 0.05) is 17.0 Å². The molecule has 1 fully saturated rings. The Hall–Kier alpha value is -1.59. The molecular formula is C18H24ClNO4. The first-order valence-corrected chi connectivity index (χ1v) is 8.71. The summed E-state index contributed by atoms with van der Waals surface area (Å²) >= 11 is 5.97. The summed E-state index contributed by atoms with van der Waals surface area (Å²) in [7, 11) is 0. The Balaban J connectivity index is 2.02. The van der Waals surface area contributed by atoms with Crippen molar-refractivity contribution in [2.45, 2.75) is 57.2 Å². The van der Waals surface area contributed by atoms with Crippen LogP contribution in [0.4, 0.5) is 0 Å². The number of ether oxygens (including phenoxy) is 1. The fraction of sp³-hybridized carbons (Fsp3) is 0.556. The SMILES string of the molecule is CCC(CC)(CNC(=O)[C@@H]1CC[C@H](C(=O)O)O1)c1ccc(Cl)cc1. The smallest absolute Gasteiger partial charge is 0.332 e. The minimum absolute atomic E-state index is 0.176. The van der Waals surface area contributed by atoms with E-state index in [1.807, 2.05) is 24.3 Å². The van der Waals surface area contributed by atoms with Gasteiger partial charge in [-0.25, -0.2) is 4.79 Å². The molecular weight excluding hydrogens is 330 g/mol. The zero-order chi connectivity index (χ0) is 17.7. The lowest BCUT2D eigenvalue weighted by atomic mass is 9.75. The number of carboxylic acid groups (broad SMARTS) is 1. The molecule has 1 aromatic rings. The van der Waals surface area contributed by atoms with Crippen molar-refractivity contribution in [3.8, 4) is 0 Å². The first-order valence-electron chi connectivity index (χ1n) is 8.34. The van der Waals surface area contributed by atoms with Gasteiger partial charge in [0.05, 0.1) is 0 Å². The first kappa shape index (κ1) is 18.7. The van der Waals surface area contributed by atoms with E-state index in [1.165, 1.54) is 0 Å². The predicted octanol–water partition coefficient (Wildman–Crippen LogP) is 3.15. The van der Waals surface area contributed by atoms with Crippen LogP contribution in [-0.2, 0) is 19.7 Å². The Morgan fingerprint density at radius 1 is 1.21 bits per heavy atom. The van der Waals surface area contributed by atoms with E-state index < -0.39 is 18.2 Å². The number of carboxylic acids is 1. The highest BCUT2D eigenvalue weighted by atomic mass is 35.5. The molecule has 5 nitrogen and oxygen atoms in total. The molecule has 0 radical (unpaired) electrons. The summed E-state index contributed by atoms with van der Waals surface area (Å²) in [5, 5.41) is 12.6. The van der Waals surface area contributed by atoms with Crippen molar-refractivity contribution in [2.24, 2.45) is 0 Å². The summed E-state index contributed by atoms with van der Waals surface area (Å²) < 4.78 is 5.31. The standard InChI is InChI=1S/C18H24ClNO4/c1-3-18(4-2,12-5-7-13(19)8-6-12)11-20-16(21)14-9-10-15(24-14)17(22)23/h5-8,14-15H,3-4,9-11H2,1-2H3,(H,20,21)(H,22,23)/t14-,15+/m0/s1. The Kier molecular flexibility index (Phi) is 6.24. The number of benzene rings is 1. The Bertz CT molecular complexity index is 583. The lowest BCUT2D eigenvalue weighted by Gasteiger charge is -2.33. The molecule has 0 aliphatic carbocycles. The molecule has 0 aromatic heterocycles. The van der Waals surface area contributed by atoms with Gasteiger partial charge in [-0.3, -0.25) is 4.79 Å². The monoisotopic (exact) mass is 353 g/mol. The van der Waals surface area contributed by atoms with Gasteiger partial charge >= 0.3 is 5.97 Å². The largest absolute Gasteiger partial charge is 0.479 e. The fourth-order valence-electron chi connectivity index (χ4n) is 3.20. The molecule has 1 saturated heterocycles. The summed E-state index contributed by atoms with van der Waals surface area (Å²) in [5.74, 6) is -1.25. The third-order valence-corrected chi connectivity index (χ3v) is 5.25.